The minimum atomic E-state index is -0.785. The number of benzene rings is 1. The Bertz CT molecular complexity index is 723. The molecule has 0 unspecified atom stereocenters. The molecule has 1 aromatic heterocycles. The van der Waals surface area contributed by atoms with Gasteiger partial charge in [-0.05, 0) is 37.9 Å². The van der Waals surface area contributed by atoms with Crippen molar-refractivity contribution < 1.29 is 9.59 Å². The Balaban J connectivity index is 2.45. The fourth-order valence-electron chi connectivity index (χ4n) is 2.40. The van der Waals surface area contributed by atoms with Crippen LogP contribution < -0.4 is 5.32 Å². The van der Waals surface area contributed by atoms with Crippen molar-refractivity contribution in [3.8, 4) is 0 Å². The van der Waals surface area contributed by atoms with Crippen molar-refractivity contribution in [1.29, 1.82) is 0 Å². The normalized spacial score (nSPS) is 12.3. The molecule has 1 aromatic carbocycles. The second-order valence-electron chi connectivity index (χ2n) is 6.59. The maximum absolute atomic E-state index is 13.0. The number of amides is 2. The van der Waals surface area contributed by atoms with Crippen LogP contribution in [0.5, 0.6) is 0 Å². The predicted octanol–water partition coefficient (Wildman–Crippen LogP) is 2.82. The van der Waals surface area contributed by atoms with Crippen molar-refractivity contribution >= 4 is 23.3 Å². The van der Waals surface area contributed by atoms with Gasteiger partial charge in [0.25, 0.3) is 5.91 Å². The molecule has 6 nitrogen and oxygen atoms in total. The lowest BCUT2D eigenvalue weighted by Gasteiger charge is -2.32. The zero-order valence-corrected chi connectivity index (χ0v) is 15.4. The van der Waals surface area contributed by atoms with E-state index in [2.05, 4.69) is 21.5 Å². The van der Waals surface area contributed by atoms with Gasteiger partial charge in [-0.25, -0.2) is 0 Å². The number of hydrogen-bond acceptors (Lipinski definition) is 5. The number of nitrogens with one attached hydrogen (secondary N) is 1. The average molecular weight is 358 g/mol. The largest absolute Gasteiger partial charge is 0.349 e. The highest BCUT2D eigenvalue weighted by Crippen LogP contribution is 2.24. The molecule has 2 aromatic rings. The fourth-order valence-corrected chi connectivity index (χ4v) is 2.83. The Hall–Kier alpha value is -2.54. The molecule has 1 atom stereocenters. The van der Waals surface area contributed by atoms with E-state index in [9.17, 15) is 9.59 Å². The highest BCUT2D eigenvalue weighted by Gasteiger charge is 2.33. The summed E-state index contributed by atoms with van der Waals surface area (Å²) in [4.78, 5) is 27.3. The van der Waals surface area contributed by atoms with E-state index < -0.39 is 11.6 Å². The molecule has 0 saturated carbocycles. The molecule has 0 aliphatic rings. The molecule has 0 bridgehead atoms. The van der Waals surface area contributed by atoms with Crippen LogP contribution in [0.1, 0.15) is 42.9 Å². The summed E-state index contributed by atoms with van der Waals surface area (Å²) in [5, 5.41) is 8.37. The van der Waals surface area contributed by atoms with Gasteiger partial charge < -0.3 is 10.2 Å². The molecule has 25 heavy (non-hydrogen) atoms. The third-order valence-electron chi connectivity index (χ3n) is 3.34. The lowest BCUT2D eigenvalue weighted by atomic mass is 10.0. The number of hydrogen-bond donors (Lipinski definition) is 1. The van der Waals surface area contributed by atoms with E-state index in [1.807, 2.05) is 51.1 Å². The number of carbonyl (C=O) groups is 2. The molecule has 0 aliphatic carbocycles. The molecule has 2 amide bonds. The number of aromatic nitrogens is 2. The Labute approximate surface area is 151 Å². The molecule has 1 heterocycles. The summed E-state index contributed by atoms with van der Waals surface area (Å²) in [6.45, 7) is 9.63. The second kappa shape index (κ2) is 8.02. The van der Waals surface area contributed by atoms with Crippen LogP contribution in [0, 0.1) is 0 Å². The van der Waals surface area contributed by atoms with Gasteiger partial charge in [0.1, 0.15) is 6.04 Å². The molecule has 2 rings (SSSR count). The van der Waals surface area contributed by atoms with Crippen LogP contribution in [0.2, 0.25) is 0 Å². The van der Waals surface area contributed by atoms with Crippen LogP contribution in [-0.2, 0) is 4.79 Å². The van der Waals surface area contributed by atoms with E-state index in [0.717, 1.165) is 17.1 Å². The van der Waals surface area contributed by atoms with Crippen LogP contribution in [0.15, 0.2) is 48.4 Å². The Kier molecular flexibility index (Phi) is 6.03. The average Bonchev–Trinajstić information content (AvgIpc) is 3.07. The molecule has 7 heteroatoms. The number of rotatable bonds is 6. The zero-order valence-electron chi connectivity index (χ0n) is 14.6. The van der Waals surface area contributed by atoms with E-state index in [-0.39, 0.29) is 24.1 Å². The van der Waals surface area contributed by atoms with Crippen LogP contribution in [-0.4, -0.2) is 38.4 Å². The van der Waals surface area contributed by atoms with E-state index in [4.69, 9.17) is 0 Å². The summed E-state index contributed by atoms with van der Waals surface area (Å²) < 4.78 is 3.74. The fraction of sp³-hybridized carbons (Fsp3) is 0.333. The van der Waals surface area contributed by atoms with Crippen molar-refractivity contribution in [2.24, 2.45) is 0 Å². The molecule has 0 fully saturated rings. The van der Waals surface area contributed by atoms with E-state index in [0.29, 0.717) is 0 Å². The molecular formula is C18H22N4O2S. The Morgan fingerprint density at radius 3 is 2.52 bits per heavy atom. The topological polar surface area (TPSA) is 75.2 Å². The summed E-state index contributed by atoms with van der Waals surface area (Å²) in [5.74, 6) is -0.608. The van der Waals surface area contributed by atoms with Gasteiger partial charge in [-0.3, -0.25) is 9.59 Å². The second-order valence-corrected chi connectivity index (χ2v) is 7.20. The minimum Gasteiger partial charge on any atom is -0.349 e. The first-order chi connectivity index (χ1) is 11.8. The smallest absolute Gasteiger partial charge is 0.276 e. The number of carbonyl (C=O) groups excluding carboxylic acids is 2. The standard InChI is InChI=1S/C18H22N4O2S/c1-5-11-22(17(24)14-12-25-21-20-14)15(13-9-7-6-8-10-13)16(23)19-18(2,3)4/h5-10,12,15H,1,11H2,2-4H3,(H,19,23)/t15-/m1/s1. The zero-order chi connectivity index (χ0) is 18.4. The van der Waals surface area contributed by atoms with Crippen LogP contribution in [0.25, 0.3) is 0 Å². The molecule has 0 radical (unpaired) electrons. The van der Waals surface area contributed by atoms with Gasteiger partial charge >= 0.3 is 0 Å². The molecule has 0 aliphatic heterocycles. The van der Waals surface area contributed by atoms with Crippen molar-refractivity contribution in [3.05, 3.63) is 59.6 Å². The molecule has 0 spiro atoms. The molecular weight excluding hydrogens is 336 g/mol. The summed E-state index contributed by atoms with van der Waals surface area (Å²) >= 11 is 1.09. The Morgan fingerprint density at radius 2 is 2.00 bits per heavy atom. The summed E-state index contributed by atoms with van der Waals surface area (Å²) in [7, 11) is 0. The third-order valence-corrected chi connectivity index (χ3v) is 3.84. The highest BCUT2D eigenvalue weighted by atomic mass is 32.1. The first-order valence-electron chi connectivity index (χ1n) is 7.89. The first kappa shape index (κ1) is 18.8. The molecule has 132 valence electrons. The van der Waals surface area contributed by atoms with Gasteiger partial charge in [-0.15, -0.1) is 11.7 Å². The maximum Gasteiger partial charge on any atom is 0.276 e. The highest BCUT2D eigenvalue weighted by molar-refractivity contribution is 7.03. The lowest BCUT2D eigenvalue weighted by Crippen LogP contribution is -2.49. The van der Waals surface area contributed by atoms with Gasteiger partial charge in [0.05, 0.1) is 0 Å². The Morgan fingerprint density at radius 1 is 1.32 bits per heavy atom. The summed E-state index contributed by atoms with van der Waals surface area (Å²) in [5.41, 5.74) is 0.522. The first-order valence-corrected chi connectivity index (χ1v) is 8.73. The molecule has 0 saturated heterocycles. The van der Waals surface area contributed by atoms with Gasteiger partial charge in [0, 0.05) is 17.5 Å². The SMILES string of the molecule is C=CCN(C(=O)c1csnn1)[C@@H](C(=O)NC(C)(C)C)c1ccccc1. The van der Waals surface area contributed by atoms with Gasteiger partial charge in [-0.2, -0.15) is 0 Å². The van der Waals surface area contributed by atoms with Crippen molar-refractivity contribution in [2.75, 3.05) is 6.54 Å². The van der Waals surface area contributed by atoms with Crippen molar-refractivity contribution in [2.45, 2.75) is 32.4 Å². The van der Waals surface area contributed by atoms with Gasteiger partial charge in [0.2, 0.25) is 5.91 Å². The third kappa shape index (κ3) is 4.96. The van der Waals surface area contributed by atoms with E-state index in [1.54, 1.807) is 11.5 Å². The summed E-state index contributed by atoms with van der Waals surface area (Å²) in [6, 6.07) is 8.42. The minimum absolute atomic E-state index is 0.216. The lowest BCUT2D eigenvalue weighted by molar-refractivity contribution is -0.127. The van der Waals surface area contributed by atoms with E-state index >= 15 is 0 Å². The summed E-state index contributed by atoms with van der Waals surface area (Å²) in [6.07, 6.45) is 1.60. The van der Waals surface area contributed by atoms with E-state index in [1.165, 1.54) is 4.90 Å². The predicted molar refractivity (Wildman–Crippen MR) is 98.2 cm³/mol. The van der Waals surface area contributed by atoms with Crippen molar-refractivity contribution in [1.82, 2.24) is 19.8 Å². The maximum atomic E-state index is 13.0. The monoisotopic (exact) mass is 358 g/mol. The van der Waals surface area contributed by atoms with Crippen LogP contribution in [0.4, 0.5) is 0 Å². The van der Waals surface area contributed by atoms with Crippen molar-refractivity contribution in [3.63, 3.8) is 0 Å². The molecule has 1 N–H and O–H groups in total. The van der Waals surface area contributed by atoms with Crippen LogP contribution >= 0.6 is 11.5 Å². The van der Waals surface area contributed by atoms with Gasteiger partial charge in [0.15, 0.2) is 5.69 Å². The number of nitrogens with zero attached hydrogens (tertiary/aromatic N) is 3. The van der Waals surface area contributed by atoms with Crippen LogP contribution in [0.3, 0.4) is 0 Å². The van der Waals surface area contributed by atoms with Gasteiger partial charge in [-0.1, -0.05) is 40.9 Å². The quantitative estimate of drug-likeness (QED) is 0.806.